The minimum atomic E-state index is -4.08. The lowest BCUT2D eigenvalue weighted by molar-refractivity contribution is -0.138. The largest absolute Gasteiger partial charge is 0.508 e. The van der Waals surface area contributed by atoms with Gasteiger partial charge in [-0.15, -0.1) is 11.3 Å². The molecule has 33 heavy (non-hydrogen) atoms. The molecule has 2 heterocycles. The molecule has 0 aliphatic rings. The Morgan fingerprint density at radius 3 is 2.61 bits per heavy atom. The van der Waals surface area contributed by atoms with Crippen LogP contribution in [0, 0.1) is 18.8 Å². The van der Waals surface area contributed by atoms with Crippen LogP contribution >= 0.6 is 11.3 Å². The van der Waals surface area contributed by atoms with Crippen molar-refractivity contribution in [2.24, 2.45) is 0 Å². The quantitative estimate of drug-likeness (QED) is 0.314. The lowest BCUT2D eigenvalue weighted by atomic mass is 10.1. The first-order valence-corrected chi connectivity index (χ1v) is 12.2. The third-order valence-corrected chi connectivity index (χ3v) is 7.96. The summed E-state index contributed by atoms with van der Waals surface area (Å²) in [6.45, 7) is 1.98. The highest BCUT2D eigenvalue weighted by atomic mass is 32.2. The number of nitrogens with one attached hydrogen (secondary N) is 2. The number of carboxylic acids is 1. The second-order valence-electron chi connectivity index (χ2n) is 7.49. The molecule has 0 unspecified atom stereocenters. The highest BCUT2D eigenvalue weighted by Crippen LogP contribution is 2.25. The van der Waals surface area contributed by atoms with E-state index in [0.29, 0.717) is 21.3 Å². The maximum atomic E-state index is 12.9. The summed E-state index contributed by atoms with van der Waals surface area (Å²) in [6, 6.07) is 14.0. The number of benzene rings is 2. The van der Waals surface area contributed by atoms with Crippen molar-refractivity contribution in [3.05, 3.63) is 82.4 Å². The number of fused-ring (bicyclic) bond motifs is 1. The number of aromatic hydroxyl groups is 1. The first-order valence-electron chi connectivity index (χ1n) is 9.94. The van der Waals surface area contributed by atoms with Gasteiger partial charge in [-0.25, -0.2) is 8.42 Å². The number of thiophene rings is 1. The summed E-state index contributed by atoms with van der Waals surface area (Å²) in [5, 5.41) is 20.0. The van der Waals surface area contributed by atoms with Crippen molar-refractivity contribution in [1.29, 1.82) is 0 Å². The zero-order chi connectivity index (χ0) is 23.6. The van der Waals surface area contributed by atoms with Gasteiger partial charge >= 0.3 is 5.97 Å². The van der Waals surface area contributed by atoms with Crippen molar-refractivity contribution in [2.45, 2.75) is 23.6 Å². The Kier molecular flexibility index (Phi) is 6.24. The van der Waals surface area contributed by atoms with Crippen LogP contribution in [0.4, 0.5) is 0 Å². The first-order chi connectivity index (χ1) is 15.7. The summed E-state index contributed by atoms with van der Waals surface area (Å²) in [7, 11) is -4.08. The van der Waals surface area contributed by atoms with E-state index >= 15 is 0 Å². The van der Waals surface area contributed by atoms with Crippen molar-refractivity contribution in [1.82, 2.24) is 9.71 Å². The van der Waals surface area contributed by atoms with Crippen LogP contribution in [0.2, 0.25) is 0 Å². The molecule has 0 aliphatic carbocycles. The molecule has 1 atom stereocenters. The first kappa shape index (κ1) is 22.6. The molecule has 7 nitrogen and oxygen atoms in total. The van der Waals surface area contributed by atoms with Gasteiger partial charge in [-0.3, -0.25) is 4.79 Å². The number of phenolic OH excluding ortho intramolecular Hbond substituents is 1. The number of aromatic nitrogens is 1. The lowest BCUT2D eigenvalue weighted by Gasteiger charge is -2.13. The number of carbonyl (C=O) groups is 1. The second-order valence-corrected chi connectivity index (χ2v) is 10.5. The number of hydrogen-bond donors (Lipinski definition) is 4. The van der Waals surface area contributed by atoms with Crippen LogP contribution in [-0.4, -0.2) is 35.6 Å². The maximum absolute atomic E-state index is 12.9. The molecule has 2 aromatic carbocycles. The average molecular weight is 481 g/mol. The molecule has 0 saturated heterocycles. The molecule has 9 heteroatoms. The lowest BCUT2D eigenvalue weighted by Crippen LogP contribution is -2.41. The van der Waals surface area contributed by atoms with Crippen molar-refractivity contribution in [3.63, 3.8) is 0 Å². The van der Waals surface area contributed by atoms with Gasteiger partial charge in [0, 0.05) is 29.1 Å². The molecule has 0 fully saturated rings. The van der Waals surface area contributed by atoms with Gasteiger partial charge in [-0.1, -0.05) is 29.5 Å². The molecule has 2 aromatic heterocycles. The van der Waals surface area contributed by atoms with E-state index in [1.54, 1.807) is 18.3 Å². The van der Waals surface area contributed by atoms with E-state index < -0.39 is 22.0 Å². The molecule has 0 spiro atoms. The molecule has 4 N–H and O–H groups in total. The number of aromatic amines is 1. The molecule has 168 valence electrons. The zero-order valence-corrected chi connectivity index (χ0v) is 19.1. The average Bonchev–Trinajstić information content (AvgIpc) is 3.40. The van der Waals surface area contributed by atoms with Gasteiger partial charge in [0.25, 0.3) is 10.0 Å². The Balaban J connectivity index is 1.53. The van der Waals surface area contributed by atoms with Crippen LogP contribution in [0.1, 0.15) is 21.6 Å². The number of aryl methyl sites for hydroxylation is 1. The number of H-pyrrole nitrogens is 1. The summed E-state index contributed by atoms with van der Waals surface area (Å²) >= 11 is 0.972. The smallest absolute Gasteiger partial charge is 0.322 e. The summed E-state index contributed by atoms with van der Waals surface area (Å²) < 4.78 is 28.0. The third-order valence-electron chi connectivity index (χ3n) is 5.00. The summed E-state index contributed by atoms with van der Waals surface area (Å²) in [6.07, 6.45) is 1.52. The molecule has 4 aromatic rings. The number of rotatable bonds is 6. The Bertz CT molecular complexity index is 1490. The van der Waals surface area contributed by atoms with Crippen LogP contribution in [0.3, 0.4) is 0 Å². The van der Waals surface area contributed by atoms with Crippen LogP contribution in [0.15, 0.2) is 65.0 Å². The summed E-state index contributed by atoms with van der Waals surface area (Å²) in [4.78, 5) is 15.4. The molecule has 0 saturated carbocycles. The fourth-order valence-corrected chi connectivity index (χ4v) is 5.65. The maximum Gasteiger partial charge on any atom is 0.322 e. The van der Waals surface area contributed by atoms with Gasteiger partial charge < -0.3 is 15.2 Å². The number of phenols is 1. The van der Waals surface area contributed by atoms with E-state index in [9.17, 15) is 23.4 Å². The van der Waals surface area contributed by atoms with E-state index in [1.165, 1.54) is 18.2 Å². The predicted octanol–water partition coefficient (Wildman–Crippen LogP) is 3.62. The van der Waals surface area contributed by atoms with Crippen LogP contribution in [0.5, 0.6) is 5.75 Å². The standard InChI is InChI=1S/C24H20N2O5S2/c1-15-2-4-16(5-3-15)6-8-19-9-11-23(32-19)33(30,31)26-22(24(28)29)12-17-14-25-21-10-7-18(27)13-20(17)21/h2-5,7,9-11,13-14,22,25-27H,12H2,1H3,(H,28,29)/t22-/m0/s1. The normalized spacial score (nSPS) is 12.3. The molecule has 0 bridgehead atoms. The predicted molar refractivity (Wildman–Crippen MR) is 127 cm³/mol. The topological polar surface area (TPSA) is 119 Å². The minimum Gasteiger partial charge on any atom is -0.508 e. The Labute approximate surface area is 194 Å². The van der Waals surface area contributed by atoms with Gasteiger partial charge in [-0.2, -0.15) is 4.72 Å². The molecule has 0 amide bonds. The Morgan fingerprint density at radius 1 is 1.12 bits per heavy atom. The van der Waals surface area contributed by atoms with Gasteiger partial charge in [0.15, 0.2) is 0 Å². The van der Waals surface area contributed by atoms with Gasteiger partial charge in [-0.05, 0) is 55.0 Å². The number of sulfonamides is 1. The van der Waals surface area contributed by atoms with Crippen molar-refractivity contribution in [3.8, 4) is 17.6 Å². The fourth-order valence-electron chi connectivity index (χ4n) is 3.28. The van der Waals surface area contributed by atoms with E-state index in [2.05, 4.69) is 21.5 Å². The molecular weight excluding hydrogens is 460 g/mol. The Hall–Kier alpha value is -3.58. The van der Waals surface area contributed by atoms with E-state index in [1.807, 2.05) is 31.2 Å². The van der Waals surface area contributed by atoms with Gasteiger partial charge in [0.1, 0.15) is 16.0 Å². The highest BCUT2D eigenvalue weighted by Gasteiger charge is 2.27. The monoisotopic (exact) mass is 480 g/mol. The summed E-state index contributed by atoms with van der Waals surface area (Å²) in [5.74, 6) is 4.67. The van der Waals surface area contributed by atoms with Crippen molar-refractivity contribution < 1.29 is 23.4 Å². The molecular formula is C24H20N2O5S2. The SMILES string of the molecule is Cc1ccc(C#Cc2ccc(S(=O)(=O)N[C@@H](Cc3c[nH]c4ccc(O)cc34)C(=O)O)s2)cc1. The third kappa shape index (κ3) is 5.26. The molecule has 0 aliphatic heterocycles. The number of hydrogen-bond acceptors (Lipinski definition) is 5. The minimum absolute atomic E-state index is 0.0153. The van der Waals surface area contributed by atoms with Gasteiger partial charge in [0.2, 0.25) is 0 Å². The highest BCUT2D eigenvalue weighted by molar-refractivity contribution is 7.91. The van der Waals surface area contributed by atoms with E-state index in [4.69, 9.17) is 0 Å². The van der Waals surface area contributed by atoms with Crippen molar-refractivity contribution in [2.75, 3.05) is 0 Å². The van der Waals surface area contributed by atoms with E-state index in [-0.39, 0.29) is 16.4 Å². The number of aliphatic carboxylic acids is 1. The molecule has 4 rings (SSSR count). The van der Waals surface area contributed by atoms with Crippen LogP contribution in [-0.2, 0) is 21.2 Å². The van der Waals surface area contributed by atoms with Crippen LogP contribution in [0.25, 0.3) is 10.9 Å². The number of carboxylic acid groups (broad SMARTS) is 1. The van der Waals surface area contributed by atoms with Crippen LogP contribution < -0.4 is 4.72 Å². The second kappa shape index (κ2) is 9.11. The molecule has 0 radical (unpaired) electrons. The van der Waals surface area contributed by atoms with Crippen molar-refractivity contribution >= 4 is 38.2 Å². The fraction of sp³-hybridized carbons (Fsp3) is 0.125. The van der Waals surface area contributed by atoms with Gasteiger partial charge in [0.05, 0.1) is 4.88 Å². The zero-order valence-electron chi connectivity index (χ0n) is 17.5. The summed E-state index contributed by atoms with van der Waals surface area (Å²) in [5.41, 5.74) is 3.22. The van der Waals surface area contributed by atoms with E-state index in [0.717, 1.165) is 22.5 Å². The Morgan fingerprint density at radius 2 is 1.88 bits per heavy atom.